The predicted molar refractivity (Wildman–Crippen MR) is 76.3 cm³/mol. The molecule has 3 N–H and O–H groups in total. The van der Waals surface area contributed by atoms with Crippen LogP contribution < -0.4 is 5.32 Å². The number of halogens is 1. The van der Waals surface area contributed by atoms with E-state index in [4.69, 9.17) is 0 Å². The van der Waals surface area contributed by atoms with Gasteiger partial charge in [-0.15, -0.1) is 0 Å². The van der Waals surface area contributed by atoms with E-state index < -0.39 is 5.82 Å². The maximum Gasteiger partial charge on any atom is 0.253 e. The zero-order valence-electron chi connectivity index (χ0n) is 11.6. The first kappa shape index (κ1) is 14.0. The number of H-pyrrole nitrogens is 1. The van der Waals surface area contributed by atoms with Crippen molar-refractivity contribution in [2.75, 3.05) is 6.61 Å². The van der Waals surface area contributed by atoms with E-state index in [0.717, 1.165) is 25.7 Å². The molecular formula is C15H18FN3O2. The average molecular weight is 291 g/mol. The van der Waals surface area contributed by atoms with Crippen LogP contribution in [-0.2, 0) is 0 Å². The molecule has 0 radical (unpaired) electrons. The summed E-state index contributed by atoms with van der Waals surface area (Å²) in [6.45, 7) is 0.0614. The maximum atomic E-state index is 13.6. The van der Waals surface area contributed by atoms with Crippen molar-refractivity contribution in [2.45, 2.75) is 31.7 Å². The Morgan fingerprint density at radius 3 is 3.05 bits per heavy atom. The molecule has 21 heavy (non-hydrogen) atoms. The zero-order chi connectivity index (χ0) is 14.8. The zero-order valence-corrected chi connectivity index (χ0v) is 11.6. The Kier molecular flexibility index (Phi) is 3.88. The van der Waals surface area contributed by atoms with E-state index in [-0.39, 0.29) is 30.0 Å². The molecule has 0 spiro atoms. The van der Waals surface area contributed by atoms with Crippen LogP contribution in [0.3, 0.4) is 0 Å². The van der Waals surface area contributed by atoms with Gasteiger partial charge < -0.3 is 15.4 Å². The smallest absolute Gasteiger partial charge is 0.253 e. The summed E-state index contributed by atoms with van der Waals surface area (Å²) in [6.07, 6.45) is 5.29. The van der Waals surface area contributed by atoms with Crippen molar-refractivity contribution in [1.29, 1.82) is 0 Å². The fourth-order valence-electron chi connectivity index (χ4n) is 3.05. The van der Waals surface area contributed by atoms with Crippen LogP contribution in [0, 0.1) is 11.7 Å². The van der Waals surface area contributed by atoms with E-state index in [1.54, 1.807) is 0 Å². The highest BCUT2D eigenvalue weighted by molar-refractivity contribution is 6.04. The summed E-state index contributed by atoms with van der Waals surface area (Å²) in [5, 5.41) is 12.3. The monoisotopic (exact) mass is 291 g/mol. The number of fused-ring (bicyclic) bond motifs is 1. The minimum Gasteiger partial charge on any atom is -0.396 e. The highest BCUT2D eigenvalue weighted by Gasteiger charge is 2.27. The molecule has 112 valence electrons. The highest BCUT2D eigenvalue weighted by Crippen LogP contribution is 2.25. The number of amides is 1. The number of imidazole rings is 1. The molecule has 1 heterocycles. The molecule has 1 aliphatic rings. The molecule has 0 aliphatic heterocycles. The number of carbonyl (C=O) groups is 1. The third kappa shape index (κ3) is 2.76. The molecule has 1 aromatic carbocycles. The third-order valence-corrected chi connectivity index (χ3v) is 4.19. The van der Waals surface area contributed by atoms with E-state index in [0.29, 0.717) is 11.0 Å². The minimum atomic E-state index is -0.473. The van der Waals surface area contributed by atoms with E-state index in [9.17, 15) is 14.3 Å². The van der Waals surface area contributed by atoms with Crippen molar-refractivity contribution < 1.29 is 14.3 Å². The lowest BCUT2D eigenvalue weighted by Crippen LogP contribution is -2.43. The molecule has 0 bridgehead atoms. The number of aromatic amines is 1. The van der Waals surface area contributed by atoms with Crippen molar-refractivity contribution in [3.63, 3.8) is 0 Å². The summed E-state index contributed by atoms with van der Waals surface area (Å²) < 4.78 is 13.6. The van der Waals surface area contributed by atoms with Gasteiger partial charge >= 0.3 is 0 Å². The number of nitrogens with one attached hydrogen (secondary N) is 2. The first-order valence-corrected chi connectivity index (χ1v) is 7.23. The van der Waals surface area contributed by atoms with Gasteiger partial charge in [0, 0.05) is 18.6 Å². The number of hydrogen-bond acceptors (Lipinski definition) is 3. The number of nitrogens with zero attached hydrogens (tertiary/aromatic N) is 1. The molecule has 1 saturated carbocycles. The van der Waals surface area contributed by atoms with Crippen molar-refractivity contribution in [1.82, 2.24) is 15.3 Å². The summed E-state index contributed by atoms with van der Waals surface area (Å²) in [6, 6.07) is 2.46. The summed E-state index contributed by atoms with van der Waals surface area (Å²) in [5.74, 6) is -0.734. The largest absolute Gasteiger partial charge is 0.396 e. The van der Waals surface area contributed by atoms with Crippen LogP contribution >= 0.6 is 0 Å². The fraction of sp³-hybridized carbons (Fsp3) is 0.467. The van der Waals surface area contributed by atoms with Crippen LogP contribution in [0.1, 0.15) is 36.0 Å². The molecule has 2 aromatic rings. The van der Waals surface area contributed by atoms with Gasteiger partial charge in [-0.2, -0.15) is 0 Å². The molecule has 5 nitrogen and oxygen atoms in total. The molecule has 2 atom stereocenters. The number of hydrogen-bond donors (Lipinski definition) is 3. The number of aliphatic hydroxyl groups excluding tert-OH is 1. The van der Waals surface area contributed by atoms with Crippen molar-refractivity contribution in [3.8, 4) is 0 Å². The van der Waals surface area contributed by atoms with Gasteiger partial charge in [-0.05, 0) is 25.0 Å². The van der Waals surface area contributed by atoms with E-state index in [1.165, 1.54) is 18.5 Å². The van der Waals surface area contributed by atoms with Crippen molar-refractivity contribution in [3.05, 3.63) is 29.8 Å². The summed E-state index contributed by atoms with van der Waals surface area (Å²) >= 11 is 0. The standard InChI is InChI=1S/C15H18FN3O2/c16-10-5-11(14-13(6-10)17-8-18-14)15(21)19-12-4-2-1-3-9(12)7-20/h5-6,8-9,12,20H,1-4,7H2,(H,17,18)(H,19,21)/t9-,12-/m1/s1. The van der Waals surface area contributed by atoms with E-state index in [1.807, 2.05) is 0 Å². The number of benzene rings is 1. The topological polar surface area (TPSA) is 78.0 Å². The lowest BCUT2D eigenvalue weighted by atomic mass is 9.85. The highest BCUT2D eigenvalue weighted by atomic mass is 19.1. The van der Waals surface area contributed by atoms with E-state index >= 15 is 0 Å². The Labute approximate surface area is 121 Å². The van der Waals surface area contributed by atoms with Crippen molar-refractivity contribution in [2.24, 2.45) is 5.92 Å². The molecule has 1 fully saturated rings. The van der Waals surface area contributed by atoms with Gasteiger partial charge in [0.25, 0.3) is 5.91 Å². The van der Waals surface area contributed by atoms with Gasteiger partial charge in [-0.25, -0.2) is 9.37 Å². The van der Waals surface area contributed by atoms with Gasteiger partial charge in [0.05, 0.1) is 17.4 Å². The molecule has 3 rings (SSSR count). The van der Waals surface area contributed by atoms with Crippen LogP contribution in [0.5, 0.6) is 0 Å². The molecule has 1 aliphatic carbocycles. The second-order valence-corrected chi connectivity index (χ2v) is 5.56. The minimum absolute atomic E-state index is 0.0614. The maximum absolute atomic E-state index is 13.6. The van der Waals surface area contributed by atoms with Crippen LogP contribution in [0.4, 0.5) is 4.39 Å². The summed E-state index contributed by atoms with van der Waals surface area (Å²) in [5.41, 5.74) is 1.20. The lowest BCUT2D eigenvalue weighted by Gasteiger charge is -2.30. The normalized spacial score (nSPS) is 22.4. The fourth-order valence-corrected chi connectivity index (χ4v) is 3.05. The predicted octanol–water partition coefficient (Wildman–Crippen LogP) is 1.98. The van der Waals surface area contributed by atoms with Crippen LogP contribution in [0.2, 0.25) is 0 Å². The number of rotatable bonds is 3. The summed E-state index contributed by atoms with van der Waals surface area (Å²) in [7, 11) is 0. The number of aliphatic hydroxyl groups is 1. The molecule has 1 aromatic heterocycles. The van der Waals surface area contributed by atoms with Crippen LogP contribution in [0.25, 0.3) is 11.0 Å². The van der Waals surface area contributed by atoms with Crippen LogP contribution in [-0.4, -0.2) is 33.6 Å². The van der Waals surface area contributed by atoms with Gasteiger partial charge in [0.2, 0.25) is 0 Å². The quantitative estimate of drug-likeness (QED) is 0.809. The average Bonchev–Trinajstić information content (AvgIpc) is 2.94. The Balaban J connectivity index is 1.85. The molecule has 0 saturated heterocycles. The summed E-state index contributed by atoms with van der Waals surface area (Å²) in [4.78, 5) is 19.3. The lowest BCUT2D eigenvalue weighted by molar-refractivity contribution is 0.0873. The second kappa shape index (κ2) is 5.81. The van der Waals surface area contributed by atoms with Crippen molar-refractivity contribution >= 4 is 16.9 Å². The first-order valence-electron chi connectivity index (χ1n) is 7.23. The van der Waals surface area contributed by atoms with Gasteiger partial charge in [0.15, 0.2) is 0 Å². The van der Waals surface area contributed by atoms with Crippen LogP contribution in [0.15, 0.2) is 18.5 Å². The van der Waals surface area contributed by atoms with E-state index in [2.05, 4.69) is 15.3 Å². The van der Waals surface area contributed by atoms with Gasteiger partial charge in [0.1, 0.15) is 11.3 Å². The second-order valence-electron chi connectivity index (χ2n) is 5.56. The number of carbonyl (C=O) groups excluding carboxylic acids is 1. The van der Waals surface area contributed by atoms with Gasteiger partial charge in [-0.3, -0.25) is 4.79 Å². The Bertz CT molecular complexity index is 655. The Morgan fingerprint density at radius 1 is 1.43 bits per heavy atom. The SMILES string of the molecule is O=C(N[C@@H]1CCCC[C@@H]1CO)c1cc(F)cc2[nH]cnc12. The van der Waals surface area contributed by atoms with Gasteiger partial charge in [-0.1, -0.05) is 12.8 Å². The molecule has 0 unspecified atom stereocenters. The first-order chi connectivity index (χ1) is 10.2. The molecule has 6 heteroatoms. The third-order valence-electron chi connectivity index (χ3n) is 4.19. The molecule has 1 amide bonds. The Hall–Kier alpha value is -1.95. The molecular weight excluding hydrogens is 273 g/mol. The number of aromatic nitrogens is 2. The Morgan fingerprint density at radius 2 is 2.24 bits per heavy atom.